The molecule has 5 nitrogen and oxygen atoms in total. The van der Waals surface area contributed by atoms with E-state index in [-0.39, 0.29) is 17.9 Å². The number of methoxy groups -OCH3 is 1. The van der Waals surface area contributed by atoms with Crippen molar-refractivity contribution in [3.05, 3.63) is 29.8 Å². The smallest absolute Gasteiger partial charge is 0.243 e. The highest BCUT2D eigenvalue weighted by Crippen LogP contribution is 2.17. The van der Waals surface area contributed by atoms with Crippen molar-refractivity contribution in [3.8, 4) is 5.75 Å². The van der Waals surface area contributed by atoms with Gasteiger partial charge in [-0.2, -0.15) is 0 Å². The molecule has 0 heterocycles. The number of nitrogens with one attached hydrogen (secondary N) is 1. The van der Waals surface area contributed by atoms with Gasteiger partial charge >= 0.3 is 0 Å². The van der Waals surface area contributed by atoms with Gasteiger partial charge in [-0.25, -0.2) is 0 Å². The van der Waals surface area contributed by atoms with Gasteiger partial charge in [0.15, 0.2) is 0 Å². The predicted octanol–water partition coefficient (Wildman–Crippen LogP) is 3.52. The summed E-state index contributed by atoms with van der Waals surface area (Å²) in [6.45, 7) is 8.36. The molecule has 0 aliphatic heterocycles. The minimum absolute atomic E-state index is 0.0180. The number of hydrogen-bond acceptors (Lipinski definition) is 3. The fourth-order valence-corrected chi connectivity index (χ4v) is 2.65. The van der Waals surface area contributed by atoms with Crippen LogP contribution in [-0.4, -0.2) is 35.9 Å². The van der Waals surface area contributed by atoms with Gasteiger partial charge in [-0.3, -0.25) is 9.59 Å². The molecule has 2 amide bonds. The third-order valence-electron chi connectivity index (χ3n) is 4.36. The average Bonchev–Trinajstić information content (AvgIpc) is 2.62. The molecule has 25 heavy (non-hydrogen) atoms. The lowest BCUT2D eigenvalue weighted by atomic mass is 10.1. The maximum absolute atomic E-state index is 12.7. The topological polar surface area (TPSA) is 58.6 Å². The van der Waals surface area contributed by atoms with E-state index < -0.39 is 6.04 Å². The summed E-state index contributed by atoms with van der Waals surface area (Å²) < 4.78 is 5.18. The number of carbonyl (C=O) groups excluding carboxylic acids is 2. The van der Waals surface area contributed by atoms with Crippen LogP contribution < -0.4 is 10.1 Å². The molecule has 140 valence electrons. The second-order valence-corrected chi connectivity index (χ2v) is 6.36. The number of hydrogen-bond donors (Lipinski definition) is 1. The van der Waals surface area contributed by atoms with Gasteiger partial charge in [0, 0.05) is 19.0 Å². The second kappa shape index (κ2) is 10.7. The lowest BCUT2D eigenvalue weighted by Gasteiger charge is -2.31. The largest absolute Gasteiger partial charge is 0.497 e. The van der Waals surface area contributed by atoms with Gasteiger partial charge in [-0.15, -0.1) is 0 Å². The predicted molar refractivity (Wildman–Crippen MR) is 100 cm³/mol. The minimum Gasteiger partial charge on any atom is -0.497 e. The van der Waals surface area contributed by atoms with Crippen molar-refractivity contribution in [2.24, 2.45) is 0 Å². The normalized spacial score (nSPS) is 13.0. The minimum atomic E-state index is -0.449. The lowest BCUT2D eigenvalue weighted by Crippen LogP contribution is -2.50. The van der Waals surface area contributed by atoms with Crippen LogP contribution in [0.1, 0.15) is 58.9 Å². The maximum Gasteiger partial charge on any atom is 0.243 e. The number of carbonyl (C=O) groups is 2. The van der Waals surface area contributed by atoms with Crippen LogP contribution >= 0.6 is 0 Å². The first-order valence-corrected chi connectivity index (χ1v) is 9.19. The van der Waals surface area contributed by atoms with Crippen LogP contribution in [0.25, 0.3) is 0 Å². The van der Waals surface area contributed by atoms with Crippen LogP contribution in [0, 0.1) is 0 Å². The Bertz CT molecular complexity index is 542. The summed E-state index contributed by atoms with van der Waals surface area (Å²) >= 11 is 0. The van der Waals surface area contributed by atoms with Crippen LogP contribution in [0.5, 0.6) is 5.75 Å². The Hall–Kier alpha value is -2.04. The highest BCUT2D eigenvalue weighted by molar-refractivity contribution is 5.87. The summed E-state index contributed by atoms with van der Waals surface area (Å²) in [6, 6.07) is 7.27. The van der Waals surface area contributed by atoms with E-state index in [0.29, 0.717) is 19.4 Å². The fraction of sp³-hybridized carbons (Fsp3) is 0.600. The SMILES string of the molecule is CCCC(=O)N(Cc1ccc(OC)cc1)[C@@H](CC)C(=O)N[C@H](C)CC. The van der Waals surface area contributed by atoms with Crippen molar-refractivity contribution in [1.29, 1.82) is 0 Å². The third kappa shape index (κ3) is 6.40. The molecule has 0 saturated heterocycles. The Morgan fingerprint density at radius 3 is 2.24 bits per heavy atom. The van der Waals surface area contributed by atoms with Crippen LogP contribution in [0.3, 0.4) is 0 Å². The van der Waals surface area contributed by atoms with Gasteiger partial charge in [0.2, 0.25) is 11.8 Å². The first-order chi connectivity index (χ1) is 12.0. The number of ether oxygens (including phenoxy) is 1. The summed E-state index contributed by atoms with van der Waals surface area (Å²) in [7, 11) is 1.62. The maximum atomic E-state index is 12.7. The Labute approximate surface area is 151 Å². The van der Waals surface area contributed by atoms with E-state index in [9.17, 15) is 9.59 Å². The highest BCUT2D eigenvalue weighted by atomic mass is 16.5. The molecule has 1 aromatic rings. The van der Waals surface area contributed by atoms with Crippen LogP contribution in [0.2, 0.25) is 0 Å². The van der Waals surface area contributed by atoms with Gasteiger partial charge in [-0.1, -0.05) is 32.9 Å². The highest BCUT2D eigenvalue weighted by Gasteiger charge is 2.28. The van der Waals surface area contributed by atoms with Crippen LogP contribution in [0.15, 0.2) is 24.3 Å². The van der Waals surface area contributed by atoms with Crippen molar-refractivity contribution in [2.45, 2.75) is 72.0 Å². The summed E-state index contributed by atoms with van der Waals surface area (Å²) in [5.74, 6) is 0.719. The van der Waals surface area contributed by atoms with Crippen molar-refractivity contribution in [1.82, 2.24) is 10.2 Å². The van der Waals surface area contributed by atoms with E-state index in [1.165, 1.54) is 0 Å². The first kappa shape index (κ1) is 21.0. The van der Waals surface area contributed by atoms with E-state index in [4.69, 9.17) is 4.74 Å². The third-order valence-corrected chi connectivity index (χ3v) is 4.36. The molecule has 0 spiro atoms. The first-order valence-electron chi connectivity index (χ1n) is 9.19. The number of benzene rings is 1. The van der Waals surface area contributed by atoms with Crippen molar-refractivity contribution in [3.63, 3.8) is 0 Å². The quantitative estimate of drug-likeness (QED) is 0.704. The molecule has 5 heteroatoms. The van der Waals surface area contributed by atoms with E-state index in [2.05, 4.69) is 5.32 Å². The molecule has 2 atom stereocenters. The summed E-state index contributed by atoms with van der Waals surface area (Å²) in [5, 5.41) is 3.01. The molecular formula is C20H32N2O3. The van der Waals surface area contributed by atoms with Crippen molar-refractivity contribution in [2.75, 3.05) is 7.11 Å². The van der Waals surface area contributed by atoms with Gasteiger partial charge in [0.1, 0.15) is 11.8 Å². The van der Waals surface area contributed by atoms with Gasteiger partial charge in [0.25, 0.3) is 0 Å². The zero-order chi connectivity index (χ0) is 18.8. The monoisotopic (exact) mass is 348 g/mol. The molecule has 0 fully saturated rings. The molecule has 0 aliphatic carbocycles. The Morgan fingerprint density at radius 2 is 1.76 bits per heavy atom. The van der Waals surface area contributed by atoms with Crippen LogP contribution in [-0.2, 0) is 16.1 Å². The lowest BCUT2D eigenvalue weighted by molar-refractivity contribution is -0.141. The van der Waals surface area contributed by atoms with Gasteiger partial charge in [-0.05, 0) is 43.9 Å². The molecule has 0 unspecified atom stereocenters. The standard InChI is InChI=1S/C20H32N2O3/c1-6-9-19(23)22(14-16-10-12-17(25-5)13-11-16)18(8-3)20(24)21-15(4)7-2/h10-13,15,18H,6-9,14H2,1-5H3,(H,21,24)/t15-,18+/m1/s1. The number of nitrogens with zero attached hydrogens (tertiary/aromatic N) is 1. The molecule has 0 bridgehead atoms. The second-order valence-electron chi connectivity index (χ2n) is 6.36. The molecule has 1 aromatic carbocycles. The van der Waals surface area contributed by atoms with Crippen molar-refractivity contribution >= 4 is 11.8 Å². The van der Waals surface area contributed by atoms with Crippen molar-refractivity contribution < 1.29 is 14.3 Å². The number of amides is 2. The summed E-state index contributed by atoms with van der Waals surface area (Å²) in [4.78, 5) is 27.0. The van der Waals surface area contributed by atoms with E-state index in [1.807, 2.05) is 52.0 Å². The Kier molecular flexibility index (Phi) is 9.03. The van der Waals surface area contributed by atoms with E-state index in [0.717, 1.165) is 24.2 Å². The molecule has 1 rings (SSSR count). The zero-order valence-electron chi connectivity index (χ0n) is 16.2. The Morgan fingerprint density at radius 1 is 1.12 bits per heavy atom. The average molecular weight is 348 g/mol. The van der Waals surface area contributed by atoms with Crippen LogP contribution in [0.4, 0.5) is 0 Å². The summed E-state index contributed by atoms with van der Waals surface area (Å²) in [5.41, 5.74) is 0.986. The van der Waals surface area contributed by atoms with Gasteiger partial charge < -0.3 is 15.0 Å². The summed E-state index contributed by atoms with van der Waals surface area (Å²) in [6.07, 6.45) is 2.67. The zero-order valence-corrected chi connectivity index (χ0v) is 16.2. The number of rotatable bonds is 10. The molecular weight excluding hydrogens is 316 g/mol. The molecule has 0 radical (unpaired) electrons. The molecule has 0 saturated carbocycles. The Balaban J connectivity index is 2.99. The van der Waals surface area contributed by atoms with E-state index in [1.54, 1.807) is 12.0 Å². The fourth-order valence-electron chi connectivity index (χ4n) is 2.65. The molecule has 0 aliphatic rings. The van der Waals surface area contributed by atoms with Gasteiger partial charge in [0.05, 0.1) is 7.11 Å². The molecule has 0 aromatic heterocycles. The molecule has 1 N–H and O–H groups in total. The van der Waals surface area contributed by atoms with E-state index >= 15 is 0 Å².